The molecule has 0 amide bonds. The van der Waals surface area contributed by atoms with E-state index in [4.69, 9.17) is 0 Å². The van der Waals surface area contributed by atoms with Crippen LogP contribution in [-0.4, -0.2) is 33.1 Å². The molecule has 0 spiro atoms. The van der Waals surface area contributed by atoms with Crippen LogP contribution in [0.5, 0.6) is 5.75 Å². The molecular formula is C14H16N4O2. The van der Waals surface area contributed by atoms with Crippen molar-refractivity contribution >= 4 is 5.95 Å². The van der Waals surface area contributed by atoms with Gasteiger partial charge in [0.05, 0.1) is 0 Å². The number of benzene rings is 1. The summed E-state index contributed by atoms with van der Waals surface area (Å²) >= 11 is 0. The maximum Gasteiger partial charge on any atom is 0.349 e. The lowest BCUT2D eigenvalue weighted by Gasteiger charge is -2.31. The van der Waals surface area contributed by atoms with E-state index in [1.807, 2.05) is 17.0 Å². The van der Waals surface area contributed by atoms with Crippen molar-refractivity contribution in [2.24, 2.45) is 0 Å². The van der Waals surface area contributed by atoms with Crippen LogP contribution < -0.4 is 10.6 Å². The molecule has 1 aliphatic heterocycles. The summed E-state index contributed by atoms with van der Waals surface area (Å²) in [5.41, 5.74) is 0.880. The Kier molecular flexibility index (Phi) is 3.37. The fraction of sp³-hybridized carbons (Fsp3) is 0.357. The van der Waals surface area contributed by atoms with Gasteiger partial charge < -0.3 is 10.0 Å². The highest BCUT2D eigenvalue weighted by molar-refractivity contribution is 5.32. The number of nitrogens with zero attached hydrogens (tertiary/aromatic N) is 3. The van der Waals surface area contributed by atoms with E-state index in [0.717, 1.165) is 25.9 Å². The summed E-state index contributed by atoms with van der Waals surface area (Å²) in [7, 11) is 0. The minimum atomic E-state index is -0.365. The van der Waals surface area contributed by atoms with Gasteiger partial charge in [-0.2, -0.15) is 4.98 Å². The van der Waals surface area contributed by atoms with Crippen LogP contribution in [0.4, 0.5) is 5.95 Å². The summed E-state index contributed by atoms with van der Waals surface area (Å²) in [6.07, 6.45) is 3.36. The van der Waals surface area contributed by atoms with Crippen LogP contribution in [0.1, 0.15) is 24.3 Å². The smallest absolute Gasteiger partial charge is 0.349 e. The van der Waals surface area contributed by atoms with E-state index in [1.165, 1.54) is 11.9 Å². The lowest BCUT2D eigenvalue weighted by atomic mass is 9.89. The van der Waals surface area contributed by atoms with Crippen molar-refractivity contribution in [3.8, 4) is 5.75 Å². The van der Waals surface area contributed by atoms with Crippen molar-refractivity contribution in [1.82, 2.24) is 15.0 Å². The number of piperidine rings is 1. The Bertz CT molecular complexity index is 630. The van der Waals surface area contributed by atoms with Gasteiger partial charge in [-0.3, -0.25) is 4.98 Å². The average Bonchev–Trinajstić information content (AvgIpc) is 2.48. The van der Waals surface area contributed by atoms with Gasteiger partial charge in [0, 0.05) is 13.1 Å². The van der Waals surface area contributed by atoms with Crippen molar-refractivity contribution in [1.29, 1.82) is 0 Å². The highest BCUT2D eigenvalue weighted by atomic mass is 16.3. The zero-order valence-electron chi connectivity index (χ0n) is 11.0. The summed E-state index contributed by atoms with van der Waals surface area (Å²) in [5.74, 6) is 1.27. The van der Waals surface area contributed by atoms with Gasteiger partial charge in [0.2, 0.25) is 5.95 Å². The highest BCUT2D eigenvalue weighted by Crippen LogP contribution is 2.29. The molecule has 0 saturated carbocycles. The number of aromatic nitrogens is 3. The van der Waals surface area contributed by atoms with Crippen molar-refractivity contribution < 1.29 is 5.11 Å². The maximum atomic E-state index is 11.2. The number of hydrogen-bond acceptors (Lipinski definition) is 5. The molecule has 0 bridgehead atoms. The molecule has 2 aromatic rings. The SMILES string of the molecule is O=c1nc(N2CCC(c3ccc(O)cc3)CC2)nc[nH]1. The van der Waals surface area contributed by atoms with Crippen LogP contribution in [0.2, 0.25) is 0 Å². The number of phenolic OH excluding ortho intramolecular Hbond substituents is 1. The number of phenols is 1. The summed E-state index contributed by atoms with van der Waals surface area (Å²) in [6, 6.07) is 7.39. The molecule has 3 rings (SSSR count). The van der Waals surface area contributed by atoms with Gasteiger partial charge in [0.1, 0.15) is 12.1 Å². The lowest BCUT2D eigenvalue weighted by molar-refractivity contribution is 0.472. The van der Waals surface area contributed by atoms with Crippen LogP contribution in [0.25, 0.3) is 0 Å². The van der Waals surface area contributed by atoms with E-state index in [9.17, 15) is 9.90 Å². The van der Waals surface area contributed by atoms with Gasteiger partial charge in [-0.05, 0) is 36.5 Å². The number of nitrogens with one attached hydrogen (secondary N) is 1. The normalized spacial score (nSPS) is 16.3. The average molecular weight is 272 g/mol. The first-order valence-electron chi connectivity index (χ1n) is 6.68. The van der Waals surface area contributed by atoms with E-state index < -0.39 is 0 Å². The standard InChI is InChI=1S/C14H16N4O2/c19-12-3-1-10(2-4-12)11-5-7-18(8-6-11)13-15-9-16-14(20)17-13/h1-4,9,11,19H,5-8H2,(H,15,16,17,20). The van der Waals surface area contributed by atoms with Crippen LogP contribution >= 0.6 is 0 Å². The minimum absolute atomic E-state index is 0.295. The number of aromatic amines is 1. The predicted octanol–water partition coefficient (Wildman–Crippen LogP) is 1.25. The number of aromatic hydroxyl groups is 1. The summed E-state index contributed by atoms with van der Waals surface area (Å²) in [4.78, 5) is 23.6. The molecule has 1 aromatic heterocycles. The molecule has 6 nitrogen and oxygen atoms in total. The highest BCUT2D eigenvalue weighted by Gasteiger charge is 2.22. The predicted molar refractivity (Wildman–Crippen MR) is 74.9 cm³/mol. The number of rotatable bonds is 2. The minimum Gasteiger partial charge on any atom is -0.508 e. The maximum absolute atomic E-state index is 11.2. The molecule has 1 fully saturated rings. The van der Waals surface area contributed by atoms with Gasteiger partial charge in [-0.25, -0.2) is 9.78 Å². The molecule has 1 aliphatic rings. The molecular weight excluding hydrogens is 256 g/mol. The van der Waals surface area contributed by atoms with E-state index >= 15 is 0 Å². The zero-order chi connectivity index (χ0) is 13.9. The fourth-order valence-corrected chi connectivity index (χ4v) is 2.61. The Balaban J connectivity index is 1.67. The summed E-state index contributed by atoms with van der Waals surface area (Å²) in [5, 5.41) is 9.31. The van der Waals surface area contributed by atoms with Crippen molar-refractivity contribution in [3.63, 3.8) is 0 Å². The fourth-order valence-electron chi connectivity index (χ4n) is 2.61. The van der Waals surface area contributed by atoms with Crippen molar-refractivity contribution in [2.45, 2.75) is 18.8 Å². The second kappa shape index (κ2) is 5.32. The molecule has 1 saturated heterocycles. The van der Waals surface area contributed by atoms with Crippen LogP contribution in [0.15, 0.2) is 35.4 Å². The third-order valence-corrected chi connectivity index (χ3v) is 3.71. The molecule has 0 radical (unpaired) electrons. The quantitative estimate of drug-likeness (QED) is 0.860. The number of hydrogen-bond donors (Lipinski definition) is 2. The van der Waals surface area contributed by atoms with Gasteiger partial charge in [-0.1, -0.05) is 12.1 Å². The van der Waals surface area contributed by atoms with Crippen molar-refractivity contribution in [2.75, 3.05) is 18.0 Å². The third kappa shape index (κ3) is 2.64. The molecule has 2 heterocycles. The van der Waals surface area contributed by atoms with Gasteiger partial charge >= 0.3 is 5.69 Å². The Hall–Kier alpha value is -2.37. The second-order valence-corrected chi connectivity index (χ2v) is 4.97. The summed E-state index contributed by atoms with van der Waals surface area (Å²) in [6.45, 7) is 1.66. The Morgan fingerprint density at radius 1 is 1.20 bits per heavy atom. The number of H-pyrrole nitrogens is 1. The monoisotopic (exact) mass is 272 g/mol. The molecule has 0 atom stereocenters. The second-order valence-electron chi connectivity index (χ2n) is 4.97. The molecule has 2 N–H and O–H groups in total. The molecule has 0 unspecified atom stereocenters. The summed E-state index contributed by atoms with van der Waals surface area (Å²) < 4.78 is 0. The molecule has 104 valence electrons. The van der Waals surface area contributed by atoms with Gasteiger partial charge in [0.25, 0.3) is 0 Å². The molecule has 0 aliphatic carbocycles. The number of anilines is 1. The van der Waals surface area contributed by atoms with Crippen LogP contribution in [0.3, 0.4) is 0 Å². The van der Waals surface area contributed by atoms with Crippen LogP contribution in [0, 0.1) is 0 Å². The zero-order valence-corrected chi connectivity index (χ0v) is 11.0. The first kappa shape index (κ1) is 12.7. The largest absolute Gasteiger partial charge is 0.508 e. The van der Waals surface area contributed by atoms with Gasteiger partial charge in [-0.15, -0.1) is 0 Å². The molecule has 20 heavy (non-hydrogen) atoms. The van der Waals surface area contributed by atoms with E-state index in [2.05, 4.69) is 15.0 Å². The Labute approximate surface area is 116 Å². The van der Waals surface area contributed by atoms with E-state index in [-0.39, 0.29) is 5.69 Å². The van der Waals surface area contributed by atoms with E-state index in [0.29, 0.717) is 17.6 Å². The lowest BCUT2D eigenvalue weighted by Crippen LogP contribution is -2.35. The Morgan fingerprint density at radius 2 is 1.90 bits per heavy atom. The molecule has 6 heteroatoms. The van der Waals surface area contributed by atoms with E-state index in [1.54, 1.807) is 12.1 Å². The third-order valence-electron chi connectivity index (χ3n) is 3.71. The Morgan fingerprint density at radius 3 is 2.55 bits per heavy atom. The van der Waals surface area contributed by atoms with Crippen molar-refractivity contribution in [3.05, 3.63) is 46.6 Å². The topological polar surface area (TPSA) is 82.1 Å². The molecule has 1 aromatic carbocycles. The van der Waals surface area contributed by atoms with Gasteiger partial charge in [0.15, 0.2) is 0 Å². The van der Waals surface area contributed by atoms with Crippen LogP contribution in [-0.2, 0) is 0 Å². The first-order valence-corrected chi connectivity index (χ1v) is 6.68. The first-order chi connectivity index (χ1) is 9.72.